The van der Waals surface area contributed by atoms with E-state index in [1.165, 1.54) is 19.3 Å². The largest absolute Gasteiger partial charge is 0.394 e. The van der Waals surface area contributed by atoms with Crippen LogP contribution in [-0.2, 0) is 9.53 Å². The molecule has 1 aliphatic heterocycles. The number of carbonyl (C=O) groups excluding carboxylic acids is 1. The van der Waals surface area contributed by atoms with Gasteiger partial charge in [0.25, 0.3) is 0 Å². The van der Waals surface area contributed by atoms with Crippen LogP contribution in [0.1, 0.15) is 19.3 Å². The molecule has 3 rings (SSSR count). The van der Waals surface area contributed by atoms with Gasteiger partial charge in [-0.05, 0) is 24.7 Å². The van der Waals surface area contributed by atoms with Crippen LogP contribution in [0.15, 0.2) is 0 Å². The summed E-state index contributed by atoms with van der Waals surface area (Å²) in [5.41, 5.74) is 0. The molecule has 1 N–H and O–H groups in total. The van der Waals surface area contributed by atoms with E-state index < -0.39 is 0 Å². The van der Waals surface area contributed by atoms with Crippen LogP contribution in [0.5, 0.6) is 0 Å². The highest BCUT2D eigenvalue weighted by Crippen LogP contribution is 2.58. The normalized spacial score (nSPS) is 41.9. The van der Waals surface area contributed by atoms with Crippen molar-refractivity contribution >= 4 is 5.91 Å². The number of carbonyl (C=O) groups is 1. The van der Waals surface area contributed by atoms with E-state index in [0.717, 1.165) is 0 Å². The van der Waals surface area contributed by atoms with Crippen LogP contribution in [0.25, 0.3) is 0 Å². The molecular weight excluding hydrogens is 206 g/mol. The molecule has 4 nitrogen and oxygen atoms in total. The second-order valence-electron chi connectivity index (χ2n) is 5.24. The van der Waals surface area contributed by atoms with Gasteiger partial charge in [-0.1, -0.05) is 6.42 Å². The third kappa shape index (κ3) is 1.64. The third-order valence-corrected chi connectivity index (χ3v) is 4.35. The van der Waals surface area contributed by atoms with E-state index in [1.807, 2.05) is 4.90 Å². The van der Waals surface area contributed by atoms with Crippen molar-refractivity contribution in [1.82, 2.24) is 4.90 Å². The molecule has 2 saturated carbocycles. The summed E-state index contributed by atoms with van der Waals surface area (Å²) in [7, 11) is 0. The maximum absolute atomic E-state index is 12.2. The number of amides is 1. The number of hydrogen-bond donors (Lipinski definition) is 1. The van der Waals surface area contributed by atoms with Crippen LogP contribution < -0.4 is 0 Å². The molecule has 4 heteroatoms. The Labute approximate surface area is 95.6 Å². The Morgan fingerprint density at radius 3 is 2.81 bits per heavy atom. The van der Waals surface area contributed by atoms with Crippen molar-refractivity contribution in [2.24, 2.45) is 17.8 Å². The lowest BCUT2D eigenvalue weighted by atomic mass is 10.1. The average Bonchev–Trinajstić information content (AvgIpc) is 2.81. The fraction of sp³-hybridized carbons (Fsp3) is 0.917. The maximum Gasteiger partial charge on any atom is 0.226 e. The van der Waals surface area contributed by atoms with Gasteiger partial charge in [0.1, 0.15) is 0 Å². The van der Waals surface area contributed by atoms with Gasteiger partial charge in [-0.25, -0.2) is 0 Å². The predicted octanol–water partition coefficient (Wildman–Crippen LogP) is 0.252. The Hall–Kier alpha value is -0.610. The highest BCUT2D eigenvalue weighted by molar-refractivity contribution is 5.82. The van der Waals surface area contributed by atoms with Crippen molar-refractivity contribution in [3.63, 3.8) is 0 Å². The van der Waals surface area contributed by atoms with Gasteiger partial charge in [0.2, 0.25) is 5.91 Å². The molecule has 3 unspecified atom stereocenters. The van der Waals surface area contributed by atoms with Crippen molar-refractivity contribution in [1.29, 1.82) is 0 Å². The molecule has 2 aliphatic carbocycles. The summed E-state index contributed by atoms with van der Waals surface area (Å²) < 4.78 is 5.36. The van der Waals surface area contributed by atoms with Gasteiger partial charge in [-0.15, -0.1) is 0 Å². The molecule has 0 aromatic carbocycles. The number of morpholine rings is 1. The van der Waals surface area contributed by atoms with Gasteiger partial charge in [0.05, 0.1) is 19.3 Å². The summed E-state index contributed by atoms with van der Waals surface area (Å²) in [6, 6.07) is 0. The first-order valence-corrected chi connectivity index (χ1v) is 6.32. The van der Waals surface area contributed by atoms with E-state index >= 15 is 0 Å². The molecule has 90 valence electrons. The lowest BCUT2D eigenvalue weighted by Gasteiger charge is -2.32. The first-order chi connectivity index (χ1) is 7.81. The standard InChI is InChI=1S/C12H19NO3/c14-7-8-6-13(4-5-16-8)12(15)11-9-2-1-3-10(9)11/h8-11,14H,1-7H2. The second-order valence-corrected chi connectivity index (χ2v) is 5.24. The van der Waals surface area contributed by atoms with E-state index in [1.54, 1.807) is 0 Å². The van der Waals surface area contributed by atoms with Crippen molar-refractivity contribution in [2.45, 2.75) is 25.4 Å². The number of aliphatic hydroxyl groups is 1. The zero-order chi connectivity index (χ0) is 11.1. The molecule has 0 spiro atoms. The molecule has 0 bridgehead atoms. The highest BCUT2D eigenvalue weighted by Gasteiger charge is 2.57. The summed E-state index contributed by atoms with van der Waals surface area (Å²) in [5.74, 6) is 1.99. The second kappa shape index (κ2) is 4.00. The van der Waals surface area contributed by atoms with Gasteiger partial charge in [0.15, 0.2) is 0 Å². The lowest BCUT2D eigenvalue weighted by Crippen LogP contribution is -2.47. The first-order valence-electron chi connectivity index (χ1n) is 6.32. The number of hydrogen-bond acceptors (Lipinski definition) is 3. The van der Waals surface area contributed by atoms with Crippen LogP contribution >= 0.6 is 0 Å². The molecule has 0 aromatic rings. The fourth-order valence-corrected chi connectivity index (χ4v) is 3.43. The maximum atomic E-state index is 12.2. The minimum atomic E-state index is -0.170. The zero-order valence-corrected chi connectivity index (χ0v) is 9.47. The number of ether oxygens (including phenoxy) is 1. The SMILES string of the molecule is O=C(C1C2CCCC21)N1CCOC(CO)C1. The molecule has 1 heterocycles. The van der Waals surface area contributed by atoms with Crippen LogP contribution in [0.3, 0.4) is 0 Å². The number of fused-ring (bicyclic) bond motifs is 1. The van der Waals surface area contributed by atoms with Crippen molar-refractivity contribution in [2.75, 3.05) is 26.3 Å². The van der Waals surface area contributed by atoms with Crippen molar-refractivity contribution in [3.05, 3.63) is 0 Å². The highest BCUT2D eigenvalue weighted by atomic mass is 16.5. The molecule has 0 aromatic heterocycles. The minimum Gasteiger partial charge on any atom is -0.394 e. The third-order valence-electron chi connectivity index (χ3n) is 4.35. The predicted molar refractivity (Wildman–Crippen MR) is 57.7 cm³/mol. The quantitative estimate of drug-likeness (QED) is 0.733. The fourth-order valence-electron chi connectivity index (χ4n) is 3.43. The summed E-state index contributed by atoms with van der Waals surface area (Å²) in [6.07, 6.45) is 3.63. The number of aliphatic hydroxyl groups excluding tert-OH is 1. The van der Waals surface area contributed by atoms with E-state index in [-0.39, 0.29) is 12.7 Å². The number of rotatable bonds is 2. The van der Waals surface area contributed by atoms with Gasteiger partial charge in [0, 0.05) is 19.0 Å². The molecule has 16 heavy (non-hydrogen) atoms. The Bertz CT molecular complexity index is 284. The Balaban J connectivity index is 1.58. The molecule has 1 saturated heterocycles. The van der Waals surface area contributed by atoms with Gasteiger partial charge >= 0.3 is 0 Å². The average molecular weight is 225 g/mol. The molecule has 3 fully saturated rings. The van der Waals surface area contributed by atoms with Crippen LogP contribution in [0.4, 0.5) is 0 Å². The van der Waals surface area contributed by atoms with Crippen LogP contribution in [-0.4, -0.2) is 48.3 Å². The summed E-state index contributed by atoms with van der Waals surface area (Å²) >= 11 is 0. The Kier molecular flexibility index (Phi) is 2.64. The molecule has 3 atom stereocenters. The van der Waals surface area contributed by atoms with Crippen molar-refractivity contribution in [3.8, 4) is 0 Å². The van der Waals surface area contributed by atoms with Crippen LogP contribution in [0, 0.1) is 17.8 Å². The van der Waals surface area contributed by atoms with Gasteiger partial charge < -0.3 is 14.7 Å². The summed E-state index contributed by atoms with van der Waals surface area (Å²) in [4.78, 5) is 14.1. The van der Waals surface area contributed by atoms with Gasteiger partial charge in [-0.3, -0.25) is 4.79 Å². The number of nitrogens with zero attached hydrogens (tertiary/aromatic N) is 1. The van der Waals surface area contributed by atoms with Crippen LogP contribution in [0.2, 0.25) is 0 Å². The lowest BCUT2D eigenvalue weighted by molar-refractivity contribution is -0.142. The van der Waals surface area contributed by atoms with E-state index in [2.05, 4.69) is 0 Å². The van der Waals surface area contributed by atoms with Crippen molar-refractivity contribution < 1.29 is 14.6 Å². The topological polar surface area (TPSA) is 49.8 Å². The Morgan fingerprint density at radius 2 is 2.12 bits per heavy atom. The van der Waals surface area contributed by atoms with Gasteiger partial charge in [-0.2, -0.15) is 0 Å². The Morgan fingerprint density at radius 1 is 1.38 bits per heavy atom. The van der Waals surface area contributed by atoms with E-state index in [9.17, 15) is 4.79 Å². The van der Waals surface area contributed by atoms with E-state index in [0.29, 0.717) is 43.4 Å². The molecule has 0 radical (unpaired) electrons. The first kappa shape index (κ1) is 10.5. The molecule has 1 amide bonds. The zero-order valence-electron chi connectivity index (χ0n) is 9.47. The minimum absolute atomic E-state index is 0.0152. The van der Waals surface area contributed by atoms with E-state index in [4.69, 9.17) is 9.84 Å². The summed E-state index contributed by atoms with van der Waals surface area (Å²) in [5, 5.41) is 9.04. The smallest absolute Gasteiger partial charge is 0.226 e. The summed E-state index contributed by atoms with van der Waals surface area (Å²) in [6.45, 7) is 1.86. The molecule has 3 aliphatic rings. The monoisotopic (exact) mass is 225 g/mol. The molecular formula is C12H19NO3.